The Kier molecular flexibility index (Phi) is 62.2. The summed E-state index contributed by atoms with van der Waals surface area (Å²) in [5.41, 5.74) is 0. The first kappa shape index (κ1) is 70.3. The second kappa shape index (κ2) is 63.6. The number of carbonyl (C=O) groups is 1. The van der Waals surface area contributed by atoms with Crippen LogP contribution < -0.4 is 5.32 Å². The van der Waals surface area contributed by atoms with Crippen LogP contribution in [0.1, 0.15) is 361 Å². The third-order valence-corrected chi connectivity index (χ3v) is 15.3. The van der Waals surface area contributed by atoms with Gasteiger partial charge in [-0.3, -0.25) is 4.79 Å². The molecule has 0 radical (unpaired) electrons. The minimum atomic E-state index is -0.840. The van der Waals surface area contributed by atoms with Gasteiger partial charge in [-0.15, -0.1) is 0 Å². The maximum Gasteiger partial charge on any atom is 0.220 e. The lowest BCUT2D eigenvalue weighted by Crippen LogP contribution is -2.45. The summed E-state index contributed by atoms with van der Waals surface area (Å²) in [5, 5.41) is 23.3. The lowest BCUT2D eigenvalue weighted by Gasteiger charge is -2.20. The van der Waals surface area contributed by atoms with Gasteiger partial charge in [-0.1, -0.05) is 345 Å². The highest BCUT2D eigenvalue weighted by atomic mass is 16.3. The summed E-state index contributed by atoms with van der Waals surface area (Å²) >= 11 is 0. The zero-order valence-electron chi connectivity index (χ0n) is 49.0. The fourth-order valence-corrected chi connectivity index (χ4v) is 10.3. The van der Waals surface area contributed by atoms with Gasteiger partial charge >= 0.3 is 0 Å². The third-order valence-electron chi connectivity index (χ3n) is 15.3. The molecule has 2 atom stereocenters. The van der Waals surface area contributed by atoms with E-state index < -0.39 is 12.1 Å². The lowest BCUT2D eigenvalue weighted by atomic mass is 10.0. The first-order valence-corrected chi connectivity index (χ1v) is 32.9. The average molecular weight is 1010 g/mol. The van der Waals surface area contributed by atoms with Gasteiger partial charge < -0.3 is 15.5 Å². The molecule has 1 amide bonds. The van der Waals surface area contributed by atoms with Crippen molar-refractivity contribution in [1.82, 2.24) is 5.32 Å². The Morgan fingerprint density at radius 3 is 0.847 bits per heavy atom. The standard InChI is InChI=1S/C68H129NO3/c1-3-5-7-9-11-13-15-17-19-21-23-25-27-29-30-31-32-33-34-35-36-37-38-40-42-44-46-48-50-52-54-56-58-60-62-64-68(72)69-66(65-70)67(71)63-61-59-57-55-53-51-49-47-45-43-41-39-28-26-24-22-20-18-16-14-12-10-8-6-4-2/h15,17,21,23,27,29,61,63,66-67,70-71H,3-14,16,18-20,22,24-26,28,30-60,62,64-65H2,1-2H3,(H,69,72)/b17-15-,23-21-,29-27-,63-61+. The summed E-state index contributed by atoms with van der Waals surface area (Å²) in [5.74, 6) is -0.0574. The summed E-state index contributed by atoms with van der Waals surface area (Å²) < 4.78 is 0. The Labute approximate surface area is 452 Å². The molecule has 4 nitrogen and oxygen atoms in total. The van der Waals surface area contributed by atoms with Gasteiger partial charge in [0, 0.05) is 6.42 Å². The minimum absolute atomic E-state index is 0.0574. The molecule has 0 rings (SSSR count). The van der Waals surface area contributed by atoms with Crippen LogP contribution in [-0.2, 0) is 4.79 Å². The van der Waals surface area contributed by atoms with Crippen LogP contribution in [0.5, 0.6) is 0 Å². The molecular weight excluding hydrogens is 879 g/mol. The zero-order valence-corrected chi connectivity index (χ0v) is 49.0. The summed E-state index contributed by atoms with van der Waals surface area (Å²) in [4.78, 5) is 12.5. The number of amides is 1. The molecule has 0 spiro atoms. The molecule has 0 saturated carbocycles. The van der Waals surface area contributed by atoms with E-state index in [9.17, 15) is 15.0 Å². The Bertz CT molecular complexity index is 1140. The number of carbonyl (C=O) groups excluding carboxylic acids is 1. The summed E-state index contributed by atoms with van der Waals surface area (Å²) in [6.07, 6.45) is 88.9. The van der Waals surface area contributed by atoms with Crippen molar-refractivity contribution in [3.05, 3.63) is 48.6 Å². The van der Waals surface area contributed by atoms with Gasteiger partial charge in [0.2, 0.25) is 5.91 Å². The van der Waals surface area contributed by atoms with Crippen molar-refractivity contribution in [1.29, 1.82) is 0 Å². The van der Waals surface area contributed by atoms with Gasteiger partial charge in [0.25, 0.3) is 0 Å². The minimum Gasteiger partial charge on any atom is -0.394 e. The number of rotatable bonds is 61. The maximum absolute atomic E-state index is 12.5. The van der Waals surface area contributed by atoms with Crippen LogP contribution in [0.2, 0.25) is 0 Å². The van der Waals surface area contributed by atoms with E-state index in [0.29, 0.717) is 6.42 Å². The maximum atomic E-state index is 12.5. The van der Waals surface area contributed by atoms with E-state index in [1.54, 1.807) is 6.08 Å². The number of hydrogen-bond acceptors (Lipinski definition) is 3. The average Bonchev–Trinajstić information content (AvgIpc) is 3.39. The Balaban J connectivity index is 3.44. The monoisotopic (exact) mass is 1010 g/mol. The number of aliphatic hydroxyl groups is 2. The van der Waals surface area contributed by atoms with Crippen molar-refractivity contribution in [2.24, 2.45) is 0 Å². The van der Waals surface area contributed by atoms with Crippen LogP contribution >= 0.6 is 0 Å². The van der Waals surface area contributed by atoms with Gasteiger partial charge in [0.1, 0.15) is 0 Å². The van der Waals surface area contributed by atoms with Crippen molar-refractivity contribution in [3.63, 3.8) is 0 Å². The molecule has 0 saturated heterocycles. The van der Waals surface area contributed by atoms with Gasteiger partial charge in [-0.25, -0.2) is 0 Å². The lowest BCUT2D eigenvalue weighted by molar-refractivity contribution is -0.123. The summed E-state index contributed by atoms with van der Waals surface area (Å²) in [6, 6.07) is -0.623. The van der Waals surface area contributed by atoms with Gasteiger partial charge in [0.15, 0.2) is 0 Å². The molecule has 0 fully saturated rings. The van der Waals surface area contributed by atoms with Gasteiger partial charge in [0.05, 0.1) is 18.8 Å². The molecule has 0 heterocycles. The van der Waals surface area contributed by atoms with Crippen molar-refractivity contribution in [2.75, 3.05) is 6.61 Å². The van der Waals surface area contributed by atoms with Crippen LogP contribution in [0.3, 0.4) is 0 Å². The number of hydrogen-bond donors (Lipinski definition) is 3. The quantitative estimate of drug-likeness (QED) is 0.0420. The number of nitrogens with one attached hydrogen (secondary N) is 1. The molecule has 0 aromatic heterocycles. The number of unbranched alkanes of at least 4 members (excludes halogenated alkanes) is 48. The van der Waals surface area contributed by atoms with E-state index in [4.69, 9.17) is 0 Å². The van der Waals surface area contributed by atoms with Gasteiger partial charge in [-0.2, -0.15) is 0 Å². The Morgan fingerprint density at radius 1 is 0.333 bits per heavy atom. The number of aliphatic hydroxyl groups excluding tert-OH is 2. The second-order valence-electron chi connectivity index (χ2n) is 22.5. The molecule has 424 valence electrons. The van der Waals surface area contributed by atoms with Crippen LogP contribution in [-0.4, -0.2) is 34.9 Å². The first-order valence-electron chi connectivity index (χ1n) is 32.9. The Morgan fingerprint density at radius 2 is 0.569 bits per heavy atom. The fraction of sp³-hybridized carbons (Fsp3) is 0.868. The van der Waals surface area contributed by atoms with Crippen molar-refractivity contribution in [3.8, 4) is 0 Å². The second-order valence-corrected chi connectivity index (χ2v) is 22.5. The highest BCUT2D eigenvalue weighted by molar-refractivity contribution is 5.76. The SMILES string of the molecule is CCCCCCC/C=C\C/C=C\C/C=C\CCCCCCCCCCCCCCCCCCCCCCC(=O)NC(CO)C(O)/C=C/CCCCCCCCCCCCCCCCCCCCCCCCC. The van der Waals surface area contributed by atoms with E-state index >= 15 is 0 Å². The zero-order chi connectivity index (χ0) is 52.0. The smallest absolute Gasteiger partial charge is 0.220 e. The van der Waals surface area contributed by atoms with E-state index in [-0.39, 0.29) is 12.5 Å². The van der Waals surface area contributed by atoms with Crippen LogP contribution in [0, 0.1) is 0 Å². The predicted octanol–water partition coefficient (Wildman–Crippen LogP) is 22.2. The molecule has 72 heavy (non-hydrogen) atoms. The molecular formula is C68H129NO3. The number of allylic oxidation sites excluding steroid dienone is 7. The highest BCUT2D eigenvalue weighted by Gasteiger charge is 2.18. The Hall–Kier alpha value is -1.65. The molecule has 2 unspecified atom stereocenters. The molecule has 0 aliphatic carbocycles. The van der Waals surface area contributed by atoms with E-state index in [2.05, 4.69) is 55.6 Å². The van der Waals surface area contributed by atoms with E-state index in [0.717, 1.165) is 38.5 Å². The van der Waals surface area contributed by atoms with Crippen LogP contribution in [0.4, 0.5) is 0 Å². The summed E-state index contributed by atoms with van der Waals surface area (Å²) in [6.45, 7) is 4.34. The van der Waals surface area contributed by atoms with E-state index in [1.165, 1.54) is 302 Å². The molecule has 3 N–H and O–H groups in total. The molecule has 0 aromatic rings. The molecule has 0 aliphatic rings. The third kappa shape index (κ3) is 59.2. The molecule has 0 aliphatic heterocycles. The molecule has 0 aromatic carbocycles. The van der Waals surface area contributed by atoms with Gasteiger partial charge in [-0.05, 0) is 57.8 Å². The first-order chi connectivity index (χ1) is 35.7. The van der Waals surface area contributed by atoms with Crippen molar-refractivity contribution >= 4 is 5.91 Å². The van der Waals surface area contributed by atoms with Crippen LogP contribution in [0.25, 0.3) is 0 Å². The highest BCUT2D eigenvalue weighted by Crippen LogP contribution is 2.18. The largest absolute Gasteiger partial charge is 0.394 e. The van der Waals surface area contributed by atoms with Crippen molar-refractivity contribution < 1.29 is 15.0 Å². The normalized spacial score (nSPS) is 13.0. The fourth-order valence-electron chi connectivity index (χ4n) is 10.3. The summed E-state index contributed by atoms with van der Waals surface area (Å²) in [7, 11) is 0. The van der Waals surface area contributed by atoms with Crippen LogP contribution in [0.15, 0.2) is 48.6 Å². The predicted molar refractivity (Wildman–Crippen MR) is 322 cm³/mol. The molecule has 0 bridgehead atoms. The van der Waals surface area contributed by atoms with E-state index in [1.807, 2.05) is 6.08 Å². The van der Waals surface area contributed by atoms with Crippen molar-refractivity contribution in [2.45, 2.75) is 373 Å². The molecule has 4 heteroatoms. The topological polar surface area (TPSA) is 69.6 Å².